The van der Waals surface area contributed by atoms with Gasteiger partial charge in [-0.25, -0.2) is 8.42 Å². The normalized spacial score (nSPS) is 18.0. The van der Waals surface area contributed by atoms with Gasteiger partial charge >= 0.3 is 0 Å². The van der Waals surface area contributed by atoms with E-state index in [1.807, 2.05) is 13.8 Å². The van der Waals surface area contributed by atoms with Crippen molar-refractivity contribution in [1.82, 2.24) is 4.90 Å². The van der Waals surface area contributed by atoms with E-state index in [0.29, 0.717) is 22.1 Å². The molecule has 116 valence electrons. The summed E-state index contributed by atoms with van der Waals surface area (Å²) < 4.78 is 23.7. The second-order valence-electron chi connectivity index (χ2n) is 5.92. The summed E-state index contributed by atoms with van der Waals surface area (Å²) in [4.78, 5) is 14.4. The number of rotatable bonds is 2. The number of aryl methyl sites for hydroxylation is 1. The summed E-state index contributed by atoms with van der Waals surface area (Å²) in [6.45, 7) is 6.46. The lowest BCUT2D eigenvalue weighted by Crippen LogP contribution is -2.42. The molecule has 0 saturated carbocycles. The maximum Gasteiger partial charge on any atom is 0.262 e. The van der Waals surface area contributed by atoms with Crippen LogP contribution in [0.4, 0.5) is 0 Å². The molecule has 0 radical (unpaired) electrons. The number of halogens is 2. The Labute approximate surface area is 138 Å². The zero-order chi connectivity index (χ0) is 16.0. The van der Waals surface area contributed by atoms with E-state index >= 15 is 0 Å². The molecule has 1 aromatic carbocycles. The molecule has 1 amide bonds. The molecule has 0 bridgehead atoms. The van der Waals surface area contributed by atoms with Crippen molar-refractivity contribution in [2.45, 2.75) is 44.0 Å². The van der Waals surface area contributed by atoms with Crippen LogP contribution in [0, 0.1) is 6.92 Å². The summed E-state index contributed by atoms with van der Waals surface area (Å²) in [7, 11) is 1.54. The fourth-order valence-electron chi connectivity index (χ4n) is 2.68. The molecule has 1 fully saturated rings. The number of amides is 1. The van der Waals surface area contributed by atoms with E-state index in [4.69, 9.17) is 10.7 Å². The first-order valence-corrected chi connectivity index (χ1v) is 9.71. The minimum atomic E-state index is -3.91. The molecule has 0 spiro atoms. The average Bonchev–Trinajstić information content (AvgIpc) is 2.69. The zero-order valence-electron chi connectivity index (χ0n) is 12.1. The summed E-state index contributed by atoms with van der Waals surface area (Å²) in [5, 5.41) is 0. The molecule has 1 aliphatic heterocycles. The Bertz CT molecular complexity index is 700. The van der Waals surface area contributed by atoms with Gasteiger partial charge < -0.3 is 4.90 Å². The second kappa shape index (κ2) is 5.56. The number of likely N-dealkylation sites (tertiary alicyclic amines) is 1. The van der Waals surface area contributed by atoms with Crippen molar-refractivity contribution >= 4 is 41.6 Å². The predicted octanol–water partition coefficient (Wildman–Crippen LogP) is 3.70. The molecular weight excluding hydrogens is 378 g/mol. The maximum atomic E-state index is 12.7. The van der Waals surface area contributed by atoms with Gasteiger partial charge in [-0.05, 0) is 67.2 Å². The lowest BCUT2D eigenvalue weighted by molar-refractivity contribution is 0.0651. The van der Waals surface area contributed by atoms with Gasteiger partial charge in [0.15, 0.2) is 0 Å². The Morgan fingerprint density at radius 3 is 2.48 bits per heavy atom. The minimum Gasteiger partial charge on any atom is -0.334 e. The molecule has 0 unspecified atom stereocenters. The van der Waals surface area contributed by atoms with Crippen molar-refractivity contribution in [2.24, 2.45) is 0 Å². The van der Waals surface area contributed by atoms with E-state index in [0.717, 1.165) is 12.8 Å². The molecule has 1 aromatic rings. The minimum absolute atomic E-state index is 0.0653. The van der Waals surface area contributed by atoms with Crippen LogP contribution < -0.4 is 0 Å². The van der Waals surface area contributed by atoms with Crippen molar-refractivity contribution < 1.29 is 13.2 Å². The summed E-state index contributed by atoms with van der Waals surface area (Å²) in [6.07, 6.45) is 1.89. The van der Waals surface area contributed by atoms with Crippen molar-refractivity contribution in [3.63, 3.8) is 0 Å². The topological polar surface area (TPSA) is 54.5 Å². The van der Waals surface area contributed by atoms with Crippen LogP contribution in [0.15, 0.2) is 21.5 Å². The molecule has 7 heteroatoms. The molecule has 1 saturated heterocycles. The van der Waals surface area contributed by atoms with Gasteiger partial charge in [-0.3, -0.25) is 4.79 Å². The number of carbonyl (C=O) groups excluding carboxylic acids is 1. The predicted molar refractivity (Wildman–Crippen MR) is 86.3 cm³/mol. The lowest BCUT2D eigenvalue weighted by Gasteiger charge is -2.32. The molecule has 2 rings (SSSR count). The van der Waals surface area contributed by atoms with Crippen LogP contribution >= 0.6 is 26.6 Å². The van der Waals surface area contributed by atoms with E-state index in [-0.39, 0.29) is 16.3 Å². The highest BCUT2D eigenvalue weighted by Gasteiger charge is 2.36. The first-order chi connectivity index (χ1) is 9.54. The van der Waals surface area contributed by atoms with Crippen molar-refractivity contribution in [3.05, 3.63) is 27.7 Å². The lowest BCUT2D eigenvalue weighted by atomic mass is 10.0. The van der Waals surface area contributed by atoms with Gasteiger partial charge in [-0.1, -0.05) is 0 Å². The number of carbonyl (C=O) groups is 1. The van der Waals surface area contributed by atoms with Crippen LogP contribution in [0.1, 0.15) is 42.6 Å². The van der Waals surface area contributed by atoms with Crippen LogP contribution in [-0.4, -0.2) is 31.3 Å². The molecule has 0 N–H and O–H groups in total. The van der Waals surface area contributed by atoms with Crippen LogP contribution in [0.2, 0.25) is 0 Å². The van der Waals surface area contributed by atoms with Gasteiger partial charge in [-0.15, -0.1) is 0 Å². The number of hydrogen-bond donors (Lipinski definition) is 0. The summed E-state index contributed by atoms with van der Waals surface area (Å²) in [6, 6.07) is 3.03. The summed E-state index contributed by atoms with van der Waals surface area (Å²) in [5.74, 6) is -0.158. The van der Waals surface area contributed by atoms with Crippen LogP contribution in [-0.2, 0) is 9.05 Å². The Morgan fingerprint density at radius 1 is 1.38 bits per heavy atom. The number of nitrogens with zero attached hydrogens (tertiary/aromatic N) is 1. The Morgan fingerprint density at radius 2 is 2.00 bits per heavy atom. The molecule has 1 heterocycles. The molecule has 4 nitrogen and oxygen atoms in total. The van der Waals surface area contributed by atoms with Gasteiger partial charge in [0.05, 0.1) is 4.90 Å². The van der Waals surface area contributed by atoms with Crippen molar-refractivity contribution in [1.29, 1.82) is 0 Å². The highest BCUT2D eigenvalue weighted by atomic mass is 79.9. The standard InChI is InChI=1S/C14H17BrClNO3S/c1-9-7-10(8-11(12(9)15)21(16,19)20)13(18)17-6-4-5-14(17,2)3/h7-8H,4-6H2,1-3H3. The fourth-order valence-corrected chi connectivity index (χ4v) is 4.83. The highest BCUT2D eigenvalue weighted by molar-refractivity contribution is 9.10. The first-order valence-electron chi connectivity index (χ1n) is 6.61. The van der Waals surface area contributed by atoms with E-state index in [1.165, 1.54) is 6.07 Å². The third kappa shape index (κ3) is 3.27. The number of benzene rings is 1. The Hall–Kier alpha value is -0.590. The molecular formula is C14H17BrClNO3S. The number of hydrogen-bond acceptors (Lipinski definition) is 3. The van der Waals surface area contributed by atoms with Gasteiger partial charge in [0.1, 0.15) is 0 Å². The van der Waals surface area contributed by atoms with Crippen LogP contribution in [0.3, 0.4) is 0 Å². The van der Waals surface area contributed by atoms with Crippen molar-refractivity contribution in [2.75, 3.05) is 6.54 Å². The third-order valence-corrected chi connectivity index (χ3v) is 6.54. The smallest absolute Gasteiger partial charge is 0.262 e. The van der Waals surface area contributed by atoms with Gasteiger partial charge in [0, 0.05) is 32.8 Å². The van der Waals surface area contributed by atoms with Crippen LogP contribution in [0.5, 0.6) is 0 Å². The molecule has 0 aliphatic carbocycles. The second-order valence-corrected chi connectivity index (χ2v) is 9.24. The summed E-state index contributed by atoms with van der Waals surface area (Å²) in [5.41, 5.74) is 0.805. The monoisotopic (exact) mass is 393 g/mol. The zero-order valence-corrected chi connectivity index (χ0v) is 15.3. The fraction of sp³-hybridized carbons (Fsp3) is 0.500. The maximum absolute atomic E-state index is 12.7. The van der Waals surface area contributed by atoms with E-state index in [2.05, 4.69) is 15.9 Å². The molecule has 21 heavy (non-hydrogen) atoms. The highest BCUT2D eigenvalue weighted by Crippen LogP contribution is 2.33. The van der Waals surface area contributed by atoms with Gasteiger partial charge in [-0.2, -0.15) is 0 Å². The van der Waals surface area contributed by atoms with Gasteiger partial charge in [0.2, 0.25) is 0 Å². The quantitative estimate of drug-likeness (QED) is 0.719. The SMILES string of the molecule is Cc1cc(C(=O)N2CCCC2(C)C)cc(S(=O)(=O)Cl)c1Br. The molecule has 0 aromatic heterocycles. The van der Waals surface area contributed by atoms with Crippen molar-refractivity contribution in [3.8, 4) is 0 Å². The van der Waals surface area contributed by atoms with E-state index in [9.17, 15) is 13.2 Å². The Kier molecular flexibility index (Phi) is 4.44. The van der Waals surface area contributed by atoms with Gasteiger partial charge in [0.25, 0.3) is 15.0 Å². The van der Waals surface area contributed by atoms with E-state index in [1.54, 1.807) is 17.9 Å². The first kappa shape index (κ1) is 16.8. The summed E-state index contributed by atoms with van der Waals surface area (Å²) >= 11 is 3.22. The largest absolute Gasteiger partial charge is 0.334 e. The Balaban J connectivity index is 2.51. The van der Waals surface area contributed by atoms with E-state index < -0.39 is 9.05 Å². The molecule has 0 atom stereocenters. The average molecular weight is 395 g/mol. The van der Waals surface area contributed by atoms with Crippen LogP contribution in [0.25, 0.3) is 0 Å². The molecule has 1 aliphatic rings. The third-order valence-electron chi connectivity index (χ3n) is 3.88.